The van der Waals surface area contributed by atoms with Crippen LogP contribution in [-0.4, -0.2) is 31.6 Å². The van der Waals surface area contributed by atoms with Gasteiger partial charge in [-0.15, -0.1) is 0 Å². The highest BCUT2D eigenvalue weighted by Gasteiger charge is 2.35. The van der Waals surface area contributed by atoms with Crippen LogP contribution in [0.15, 0.2) is 28.7 Å². The molecule has 5 heteroatoms. The minimum absolute atomic E-state index is 0.00354. The van der Waals surface area contributed by atoms with E-state index in [1.165, 1.54) is 0 Å². The summed E-state index contributed by atoms with van der Waals surface area (Å²) in [6.45, 7) is 6.06. The molecule has 104 valence electrons. The van der Waals surface area contributed by atoms with E-state index >= 15 is 0 Å². The van der Waals surface area contributed by atoms with Gasteiger partial charge in [-0.3, -0.25) is 4.79 Å². The van der Waals surface area contributed by atoms with Crippen LogP contribution in [0.2, 0.25) is 0 Å². The van der Waals surface area contributed by atoms with Crippen LogP contribution in [0.25, 0.3) is 0 Å². The third-order valence-electron chi connectivity index (χ3n) is 3.40. The number of nitrogens with zero attached hydrogens (tertiary/aromatic N) is 1. The van der Waals surface area contributed by atoms with E-state index in [-0.39, 0.29) is 17.4 Å². The van der Waals surface area contributed by atoms with Crippen molar-refractivity contribution in [1.82, 2.24) is 5.32 Å². The second-order valence-corrected chi connectivity index (χ2v) is 6.57. The first-order valence-corrected chi connectivity index (χ1v) is 7.23. The fourth-order valence-electron chi connectivity index (χ4n) is 2.38. The van der Waals surface area contributed by atoms with E-state index < -0.39 is 0 Å². The molecule has 1 heterocycles. The predicted octanol–water partition coefficient (Wildman–Crippen LogP) is 1.74. The summed E-state index contributed by atoms with van der Waals surface area (Å²) in [5, 5.41) is 2.98. The summed E-state index contributed by atoms with van der Waals surface area (Å²) in [5.74, 6) is 0.00354. The van der Waals surface area contributed by atoms with Gasteiger partial charge in [0.05, 0.1) is 5.69 Å². The molecule has 1 atom stereocenters. The lowest BCUT2D eigenvalue weighted by atomic mass is 9.93. The minimum atomic E-state index is -0.319. The van der Waals surface area contributed by atoms with Crippen molar-refractivity contribution in [2.24, 2.45) is 11.1 Å². The highest BCUT2D eigenvalue weighted by molar-refractivity contribution is 9.10. The number of amides is 1. The molecule has 0 radical (unpaired) electrons. The average molecular weight is 326 g/mol. The quantitative estimate of drug-likeness (QED) is 0.870. The molecular weight excluding hydrogens is 306 g/mol. The molecule has 2 rings (SSSR count). The van der Waals surface area contributed by atoms with E-state index in [9.17, 15) is 4.79 Å². The Balaban J connectivity index is 2.43. The number of nitrogens with one attached hydrogen (secondary N) is 1. The van der Waals surface area contributed by atoms with Crippen molar-refractivity contribution in [2.75, 3.05) is 24.5 Å². The zero-order chi connectivity index (χ0) is 14.0. The molecule has 1 fully saturated rings. The lowest BCUT2D eigenvalue weighted by Gasteiger charge is -2.34. The first-order chi connectivity index (χ1) is 8.94. The van der Waals surface area contributed by atoms with Gasteiger partial charge in [-0.25, -0.2) is 0 Å². The molecule has 0 spiro atoms. The zero-order valence-electron chi connectivity index (χ0n) is 11.3. The molecule has 0 aliphatic carbocycles. The summed E-state index contributed by atoms with van der Waals surface area (Å²) in [6, 6.07) is 7.62. The number of anilines is 1. The van der Waals surface area contributed by atoms with Crippen molar-refractivity contribution < 1.29 is 4.79 Å². The number of para-hydroxylation sites is 1. The molecule has 1 amide bonds. The first kappa shape index (κ1) is 14.3. The highest BCUT2D eigenvalue weighted by atomic mass is 79.9. The van der Waals surface area contributed by atoms with Gasteiger partial charge >= 0.3 is 0 Å². The highest BCUT2D eigenvalue weighted by Crippen LogP contribution is 2.31. The van der Waals surface area contributed by atoms with Crippen molar-refractivity contribution in [2.45, 2.75) is 19.9 Å². The maximum Gasteiger partial charge on any atom is 0.244 e. The van der Waals surface area contributed by atoms with Crippen molar-refractivity contribution >= 4 is 27.5 Å². The Kier molecular flexibility index (Phi) is 4.16. The van der Waals surface area contributed by atoms with Crippen molar-refractivity contribution in [3.05, 3.63) is 28.7 Å². The SMILES string of the molecule is CC1(C)CNC(=O)C(CN)N(c2ccccc2Br)C1. The van der Waals surface area contributed by atoms with Gasteiger partial charge in [0.15, 0.2) is 0 Å². The molecule has 1 aliphatic heterocycles. The van der Waals surface area contributed by atoms with Gasteiger partial charge in [0.25, 0.3) is 0 Å². The van der Waals surface area contributed by atoms with E-state index in [1.807, 2.05) is 24.3 Å². The Bertz CT molecular complexity index is 476. The van der Waals surface area contributed by atoms with Gasteiger partial charge in [-0.05, 0) is 33.5 Å². The molecule has 19 heavy (non-hydrogen) atoms. The van der Waals surface area contributed by atoms with E-state index in [2.05, 4.69) is 40.0 Å². The molecule has 1 unspecified atom stereocenters. The fraction of sp³-hybridized carbons (Fsp3) is 0.500. The number of nitrogens with two attached hydrogens (primary N) is 1. The molecule has 0 saturated carbocycles. The number of hydrogen-bond acceptors (Lipinski definition) is 3. The lowest BCUT2D eigenvalue weighted by molar-refractivity contribution is -0.121. The molecule has 1 aromatic carbocycles. The van der Waals surface area contributed by atoms with Gasteiger partial charge in [-0.2, -0.15) is 0 Å². The van der Waals surface area contributed by atoms with Crippen LogP contribution in [0.4, 0.5) is 5.69 Å². The number of carbonyl (C=O) groups excluding carboxylic acids is 1. The van der Waals surface area contributed by atoms with Crippen LogP contribution in [-0.2, 0) is 4.79 Å². The monoisotopic (exact) mass is 325 g/mol. The molecule has 0 bridgehead atoms. The second kappa shape index (κ2) is 5.51. The molecule has 1 saturated heterocycles. The van der Waals surface area contributed by atoms with Gasteiger partial charge in [-0.1, -0.05) is 26.0 Å². The Morgan fingerprint density at radius 3 is 2.79 bits per heavy atom. The lowest BCUT2D eigenvalue weighted by Crippen LogP contribution is -2.49. The summed E-state index contributed by atoms with van der Waals surface area (Å²) in [5.41, 5.74) is 6.84. The number of carbonyl (C=O) groups is 1. The summed E-state index contributed by atoms with van der Waals surface area (Å²) in [6.07, 6.45) is 0. The maximum atomic E-state index is 12.2. The van der Waals surface area contributed by atoms with Crippen LogP contribution in [0.3, 0.4) is 0 Å². The molecule has 0 aromatic heterocycles. The van der Waals surface area contributed by atoms with Gasteiger partial charge in [0.1, 0.15) is 6.04 Å². The predicted molar refractivity (Wildman–Crippen MR) is 81.1 cm³/mol. The van der Waals surface area contributed by atoms with Gasteiger partial charge in [0, 0.05) is 24.1 Å². The Labute approximate surface area is 122 Å². The summed E-state index contributed by atoms with van der Waals surface area (Å²) in [4.78, 5) is 14.3. The van der Waals surface area contributed by atoms with E-state index in [4.69, 9.17) is 5.73 Å². The smallest absolute Gasteiger partial charge is 0.244 e. The number of benzene rings is 1. The standard InChI is InChI=1S/C14H20BrN3O/c1-14(2)8-17-13(19)12(7-16)18(9-14)11-6-4-3-5-10(11)15/h3-6,12H,7-9,16H2,1-2H3,(H,17,19). The largest absolute Gasteiger partial charge is 0.357 e. The van der Waals surface area contributed by atoms with Gasteiger partial charge < -0.3 is 16.0 Å². The van der Waals surface area contributed by atoms with Crippen molar-refractivity contribution in [3.8, 4) is 0 Å². The van der Waals surface area contributed by atoms with Crippen LogP contribution < -0.4 is 16.0 Å². The third-order valence-corrected chi connectivity index (χ3v) is 4.07. The molecule has 1 aromatic rings. The number of rotatable bonds is 2. The maximum absolute atomic E-state index is 12.2. The van der Waals surface area contributed by atoms with Crippen LogP contribution in [0.1, 0.15) is 13.8 Å². The van der Waals surface area contributed by atoms with E-state index in [1.54, 1.807) is 0 Å². The Morgan fingerprint density at radius 1 is 1.47 bits per heavy atom. The third kappa shape index (κ3) is 3.09. The molecular formula is C14H20BrN3O. The minimum Gasteiger partial charge on any atom is -0.357 e. The second-order valence-electron chi connectivity index (χ2n) is 5.71. The van der Waals surface area contributed by atoms with Crippen LogP contribution in [0.5, 0.6) is 0 Å². The Morgan fingerprint density at radius 2 is 2.16 bits per heavy atom. The van der Waals surface area contributed by atoms with Gasteiger partial charge in [0.2, 0.25) is 5.91 Å². The van der Waals surface area contributed by atoms with Crippen molar-refractivity contribution in [3.63, 3.8) is 0 Å². The summed E-state index contributed by atoms with van der Waals surface area (Å²) < 4.78 is 0.985. The molecule has 3 N–H and O–H groups in total. The summed E-state index contributed by atoms with van der Waals surface area (Å²) in [7, 11) is 0. The number of halogens is 1. The summed E-state index contributed by atoms with van der Waals surface area (Å²) >= 11 is 3.56. The zero-order valence-corrected chi connectivity index (χ0v) is 12.9. The molecule has 1 aliphatic rings. The van der Waals surface area contributed by atoms with Crippen LogP contribution >= 0.6 is 15.9 Å². The van der Waals surface area contributed by atoms with E-state index in [0.717, 1.165) is 16.7 Å². The van der Waals surface area contributed by atoms with Crippen molar-refractivity contribution in [1.29, 1.82) is 0 Å². The topological polar surface area (TPSA) is 58.4 Å². The van der Waals surface area contributed by atoms with E-state index in [0.29, 0.717) is 13.1 Å². The first-order valence-electron chi connectivity index (χ1n) is 6.43. The number of hydrogen-bond donors (Lipinski definition) is 2. The average Bonchev–Trinajstić information content (AvgIpc) is 2.47. The van der Waals surface area contributed by atoms with Crippen LogP contribution in [0, 0.1) is 5.41 Å². The Hall–Kier alpha value is -1.07. The normalized spacial score (nSPS) is 22.8. The fourth-order valence-corrected chi connectivity index (χ4v) is 2.90. The molecule has 4 nitrogen and oxygen atoms in total.